The Balaban J connectivity index is 1.82. The standard InChI is InChI=1S/C24H24N2O3S/c1-15-7-5-9-19(11-15)26-23(28)22-16(2)12-17(3)25-24(22)30-14-21(27)18-8-6-10-20(13-18)29-4/h5-13H,14H2,1-4H3,(H,26,28). The second-order valence-corrected chi connectivity index (χ2v) is 7.99. The Morgan fingerprint density at radius 1 is 1.03 bits per heavy atom. The fourth-order valence-electron chi connectivity index (χ4n) is 3.11. The number of hydrogen-bond acceptors (Lipinski definition) is 5. The van der Waals surface area contributed by atoms with Crippen LogP contribution in [0.15, 0.2) is 59.6 Å². The number of rotatable bonds is 7. The molecule has 0 unspecified atom stereocenters. The minimum absolute atomic E-state index is 0.0510. The lowest BCUT2D eigenvalue weighted by atomic mass is 10.1. The molecule has 6 heteroatoms. The van der Waals surface area contributed by atoms with Gasteiger partial charge in [-0.2, -0.15) is 0 Å². The van der Waals surface area contributed by atoms with Crippen LogP contribution in [0.4, 0.5) is 5.69 Å². The number of benzene rings is 2. The van der Waals surface area contributed by atoms with Gasteiger partial charge < -0.3 is 10.1 Å². The van der Waals surface area contributed by atoms with E-state index in [1.54, 1.807) is 31.4 Å². The summed E-state index contributed by atoms with van der Waals surface area (Å²) in [6, 6.07) is 16.5. The summed E-state index contributed by atoms with van der Waals surface area (Å²) in [5.41, 5.74) is 4.47. The normalized spacial score (nSPS) is 10.5. The Bertz CT molecular complexity index is 1100. The second kappa shape index (κ2) is 9.59. The quantitative estimate of drug-likeness (QED) is 0.418. The predicted octanol–water partition coefficient (Wildman–Crippen LogP) is 5.24. The molecule has 1 N–H and O–H groups in total. The molecular formula is C24H24N2O3S. The van der Waals surface area contributed by atoms with Crippen molar-refractivity contribution in [3.63, 3.8) is 0 Å². The Hall–Kier alpha value is -3.12. The molecule has 0 atom stereocenters. The van der Waals surface area contributed by atoms with Gasteiger partial charge in [0.05, 0.1) is 18.4 Å². The first-order valence-electron chi connectivity index (χ1n) is 9.53. The lowest BCUT2D eigenvalue weighted by molar-refractivity contribution is 0.101. The maximum Gasteiger partial charge on any atom is 0.258 e. The van der Waals surface area contributed by atoms with Crippen molar-refractivity contribution in [1.82, 2.24) is 4.98 Å². The minimum atomic E-state index is -0.234. The SMILES string of the molecule is COc1cccc(C(=O)CSc2nc(C)cc(C)c2C(=O)Nc2cccc(C)c2)c1. The van der Waals surface area contributed by atoms with Crippen molar-refractivity contribution in [2.75, 3.05) is 18.2 Å². The van der Waals surface area contributed by atoms with E-state index >= 15 is 0 Å². The number of carbonyl (C=O) groups excluding carboxylic acids is 2. The molecule has 0 aliphatic carbocycles. The molecule has 5 nitrogen and oxygen atoms in total. The van der Waals surface area contributed by atoms with E-state index in [9.17, 15) is 9.59 Å². The molecule has 0 bridgehead atoms. The number of thioether (sulfide) groups is 1. The molecule has 0 aliphatic heterocycles. The number of nitrogens with zero attached hydrogens (tertiary/aromatic N) is 1. The van der Waals surface area contributed by atoms with E-state index in [0.717, 1.165) is 22.5 Å². The highest BCUT2D eigenvalue weighted by Gasteiger charge is 2.19. The van der Waals surface area contributed by atoms with Crippen LogP contribution in [-0.2, 0) is 0 Å². The van der Waals surface area contributed by atoms with Crippen LogP contribution in [-0.4, -0.2) is 29.5 Å². The molecule has 3 aromatic rings. The topological polar surface area (TPSA) is 68.3 Å². The van der Waals surface area contributed by atoms with Gasteiger partial charge in [-0.3, -0.25) is 9.59 Å². The lowest BCUT2D eigenvalue weighted by Crippen LogP contribution is -2.16. The number of nitrogens with one attached hydrogen (secondary N) is 1. The van der Waals surface area contributed by atoms with Crippen molar-refractivity contribution in [2.45, 2.75) is 25.8 Å². The third-order valence-corrected chi connectivity index (χ3v) is 5.52. The van der Waals surface area contributed by atoms with Crippen LogP contribution >= 0.6 is 11.8 Å². The Labute approximate surface area is 180 Å². The van der Waals surface area contributed by atoms with Gasteiger partial charge in [0, 0.05) is 16.9 Å². The first kappa shape index (κ1) is 21.6. The average molecular weight is 421 g/mol. The summed E-state index contributed by atoms with van der Waals surface area (Å²) in [4.78, 5) is 30.2. The third kappa shape index (κ3) is 5.27. The number of ether oxygens (including phenoxy) is 1. The number of methoxy groups -OCH3 is 1. The number of anilines is 1. The summed E-state index contributed by atoms with van der Waals surface area (Å²) in [5, 5.41) is 3.49. The molecule has 2 aromatic carbocycles. The van der Waals surface area contributed by atoms with Crippen molar-refractivity contribution in [3.05, 3.63) is 82.5 Å². The van der Waals surface area contributed by atoms with Crippen molar-refractivity contribution < 1.29 is 14.3 Å². The summed E-state index contributed by atoms with van der Waals surface area (Å²) in [6.07, 6.45) is 0. The molecule has 0 aliphatic rings. The number of Topliss-reactive ketones (excluding diaryl/α,β-unsaturated/α-hetero) is 1. The molecule has 0 spiro atoms. The van der Waals surface area contributed by atoms with E-state index in [4.69, 9.17) is 4.74 Å². The summed E-state index contributed by atoms with van der Waals surface area (Å²) >= 11 is 1.27. The number of aryl methyl sites for hydroxylation is 3. The maximum absolute atomic E-state index is 13.0. The van der Waals surface area contributed by atoms with E-state index in [1.165, 1.54) is 11.8 Å². The van der Waals surface area contributed by atoms with E-state index < -0.39 is 0 Å². The number of hydrogen-bond donors (Lipinski definition) is 1. The molecule has 154 valence electrons. The number of pyridine rings is 1. The molecule has 1 amide bonds. The van der Waals surface area contributed by atoms with Gasteiger partial charge in [-0.1, -0.05) is 36.0 Å². The minimum Gasteiger partial charge on any atom is -0.497 e. The van der Waals surface area contributed by atoms with Crippen molar-refractivity contribution in [2.24, 2.45) is 0 Å². The van der Waals surface area contributed by atoms with Gasteiger partial charge in [-0.25, -0.2) is 4.98 Å². The van der Waals surface area contributed by atoms with E-state index in [1.807, 2.05) is 51.1 Å². The summed E-state index contributed by atoms with van der Waals surface area (Å²) in [6.45, 7) is 5.73. The Morgan fingerprint density at radius 3 is 2.53 bits per heavy atom. The van der Waals surface area contributed by atoms with Gasteiger partial charge >= 0.3 is 0 Å². The fourth-order valence-corrected chi connectivity index (χ4v) is 4.15. The van der Waals surface area contributed by atoms with Crippen molar-refractivity contribution in [3.8, 4) is 5.75 Å². The molecule has 0 fully saturated rings. The van der Waals surface area contributed by atoms with Crippen LogP contribution in [0.5, 0.6) is 5.75 Å². The monoisotopic (exact) mass is 420 g/mol. The van der Waals surface area contributed by atoms with Gasteiger partial charge in [0.15, 0.2) is 5.78 Å². The zero-order chi connectivity index (χ0) is 21.7. The second-order valence-electron chi connectivity index (χ2n) is 7.03. The van der Waals surface area contributed by atoms with E-state index in [-0.39, 0.29) is 17.4 Å². The molecular weight excluding hydrogens is 396 g/mol. The molecule has 0 saturated heterocycles. The highest BCUT2D eigenvalue weighted by Crippen LogP contribution is 2.27. The van der Waals surface area contributed by atoms with Gasteiger partial charge in [0.25, 0.3) is 5.91 Å². The average Bonchev–Trinajstić information content (AvgIpc) is 2.71. The zero-order valence-corrected chi connectivity index (χ0v) is 18.3. The fraction of sp³-hybridized carbons (Fsp3) is 0.208. The van der Waals surface area contributed by atoms with E-state index in [0.29, 0.717) is 21.9 Å². The van der Waals surface area contributed by atoms with Crippen LogP contribution in [0.3, 0.4) is 0 Å². The van der Waals surface area contributed by atoms with E-state index in [2.05, 4.69) is 10.3 Å². The number of amides is 1. The van der Waals surface area contributed by atoms with Crippen LogP contribution < -0.4 is 10.1 Å². The molecule has 0 radical (unpaired) electrons. The number of aromatic nitrogens is 1. The predicted molar refractivity (Wildman–Crippen MR) is 121 cm³/mol. The zero-order valence-electron chi connectivity index (χ0n) is 17.5. The highest BCUT2D eigenvalue weighted by molar-refractivity contribution is 8.00. The lowest BCUT2D eigenvalue weighted by Gasteiger charge is -2.13. The molecule has 1 aromatic heterocycles. The molecule has 0 saturated carbocycles. The summed E-state index contributed by atoms with van der Waals surface area (Å²) in [7, 11) is 1.57. The molecule has 1 heterocycles. The van der Waals surface area contributed by atoms with Crippen LogP contribution in [0, 0.1) is 20.8 Å². The van der Waals surface area contributed by atoms with Crippen molar-refractivity contribution >= 4 is 29.1 Å². The third-order valence-electron chi connectivity index (χ3n) is 4.55. The summed E-state index contributed by atoms with van der Waals surface area (Å²) in [5.74, 6) is 0.522. The Kier molecular flexibility index (Phi) is 6.90. The first-order valence-corrected chi connectivity index (χ1v) is 10.5. The van der Waals surface area contributed by atoms with Crippen LogP contribution in [0.1, 0.15) is 37.5 Å². The summed E-state index contributed by atoms with van der Waals surface area (Å²) < 4.78 is 5.19. The van der Waals surface area contributed by atoms with Crippen LogP contribution in [0.2, 0.25) is 0 Å². The Morgan fingerprint density at radius 2 is 1.80 bits per heavy atom. The first-order chi connectivity index (χ1) is 14.4. The maximum atomic E-state index is 13.0. The highest BCUT2D eigenvalue weighted by atomic mass is 32.2. The number of carbonyl (C=O) groups is 2. The molecule has 30 heavy (non-hydrogen) atoms. The number of ketones is 1. The van der Waals surface area contributed by atoms with Crippen LogP contribution in [0.25, 0.3) is 0 Å². The van der Waals surface area contributed by atoms with Crippen molar-refractivity contribution in [1.29, 1.82) is 0 Å². The van der Waals surface area contributed by atoms with Gasteiger partial charge in [-0.05, 0) is 62.2 Å². The van der Waals surface area contributed by atoms with Gasteiger partial charge in [0.2, 0.25) is 0 Å². The molecule has 3 rings (SSSR count). The largest absolute Gasteiger partial charge is 0.497 e. The smallest absolute Gasteiger partial charge is 0.258 e. The van der Waals surface area contributed by atoms with Gasteiger partial charge in [0.1, 0.15) is 10.8 Å². The van der Waals surface area contributed by atoms with Gasteiger partial charge in [-0.15, -0.1) is 0 Å².